The Balaban J connectivity index is 2.12. The molecule has 1 fully saturated rings. The van der Waals surface area contributed by atoms with E-state index in [-0.39, 0.29) is 0 Å². The minimum Gasteiger partial charge on any atom is -0.330 e. The number of rotatable bonds is 4. The normalized spacial score (nSPS) is 16.4. The van der Waals surface area contributed by atoms with Gasteiger partial charge in [0.1, 0.15) is 5.82 Å². The summed E-state index contributed by atoms with van der Waals surface area (Å²) >= 11 is 3.48. The molecule has 1 aromatic rings. The third-order valence-electron chi connectivity index (χ3n) is 2.92. The topological polar surface area (TPSA) is 51.8 Å². The number of hydrogen-bond donors (Lipinski definition) is 1. The molecule has 2 rings (SSSR count). The molecule has 0 aromatic carbocycles. The SMILES string of the molecule is NCCCc1nc(C2CCC2)ncc1Br. The summed E-state index contributed by atoms with van der Waals surface area (Å²) in [7, 11) is 0. The van der Waals surface area contributed by atoms with Crippen LogP contribution in [0.15, 0.2) is 10.7 Å². The molecule has 0 spiro atoms. The molecule has 82 valence electrons. The van der Waals surface area contributed by atoms with Crippen molar-refractivity contribution in [1.29, 1.82) is 0 Å². The van der Waals surface area contributed by atoms with E-state index in [9.17, 15) is 0 Å². The molecule has 15 heavy (non-hydrogen) atoms. The van der Waals surface area contributed by atoms with Crippen molar-refractivity contribution in [3.63, 3.8) is 0 Å². The second-order valence-electron chi connectivity index (χ2n) is 4.04. The van der Waals surface area contributed by atoms with Gasteiger partial charge in [0.15, 0.2) is 0 Å². The summed E-state index contributed by atoms with van der Waals surface area (Å²) in [5.74, 6) is 1.63. The monoisotopic (exact) mass is 269 g/mol. The Hall–Kier alpha value is -0.480. The van der Waals surface area contributed by atoms with E-state index < -0.39 is 0 Å². The van der Waals surface area contributed by atoms with Crippen LogP contribution in [0.1, 0.15) is 43.1 Å². The molecule has 1 aliphatic carbocycles. The standard InChI is InChI=1S/C11H16BrN3/c12-9-7-14-11(8-3-1-4-8)15-10(9)5-2-6-13/h7-8H,1-6,13H2. The smallest absolute Gasteiger partial charge is 0.131 e. The molecule has 0 unspecified atom stereocenters. The zero-order chi connectivity index (χ0) is 10.7. The molecule has 0 aliphatic heterocycles. The van der Waals surface area contributed by atoms with E-state index in [1.54, 1.807) is 0 Å². The van der Waals surface area contributed by atoms with Gasteiger partial charge in [0.05, 0.1) is 10.2 Å². The van der Waals surface area contributed by atoms with E-state index >= 15 is 0 Å². The highest BCUT2D eigenvalue weighted by atomic mass is 79.9. The molecular weight excluding hydrogens is 254 g/mol. The van der Waals surface area contributed by atoms with Crippen LogP contribution >= 0.6 is 15.9 Å². The first-order valence-corrected chi connectivity index (χ1v) is 6.32. The zero-order valence-electron chi connectivity index (χ0n) is 8.75. The molecule has 0 atom stereocenters. The summed E-state index contributed by atoms with van der Waals surface area (Å²) in [6.45, 7) is 0.717. The van der Waals surface area contributed by atoms with Crippen LogP contribution in [0.25, 0.3) is 0 Å². The molecule has 3 nitrogen and oxygen atoms in total. The van der Waals surface area contributed by atoms with Gasteiger partial charge in [-0.15, -0.1) is 0 Å². The van der Waals surface area contributed by atoms with Gasteiger partial charge in [0.2, 0.25) is 0 Å². The largest absolute Gasteiger partial charge is 0.330 e. The van der Waals surface area contributed by atoms with Crippen molar-refractivity contribution in [3.8, 4) is 0 Å². The van der Waals surface area contributed by atoms with Crippen molar-refractivity contribution < 1.29 is 0 Å². The Morgan fingerprint density at radius 2 is 2.27 bits per heavy atom. The average molecular weight is 270 g/mol. The van der Waals surface area contributed by atoms with Crippen LogP contribution in [0.2, 0.25) is 0 Å². The lowest BCUT2D eigenvalue weighted by molar-refractivity contribution is 0.400. The summed E-state index contributed by atoms with van der Waals surface area (Å²) in [5.41, 5.74) is 6.61. The Kier molecular flexibility index (Phi) is 3.70. The number of aromatic nitrogens is 2. The Labute approximate surface area is 98.6 Å². The van der Waals surface area contributed by atoms with Gasteiger partial charge in [-0.25, -0.2) is 9.97 Å². The molecule has 0 bridgehead atoms. The van der Waals surface area contributed by atoms with E-state index in [4.69, 9.17) is 5.73 Å². The van der Waals surface area contributed by atoms with Crippen molar-refractivity contribution in [2.24, 2.45) is 5.73 Å². The average Bonchev–Trinajstić information content (AvgIpc) is 2.16. The first kappa shape index (κ1) is 11.0. The van der Waals surface area contributed by atoms with Gasteiger partial charge in [-0.1, -0.05) is 6.42 Å². The van der Waals surface area contributed by atoms with Crippen molar-refractivity contribution >= 4 is 15.9 Å². The summed E-state index contributed by atoms with van der Waals surface area (Å²) in [6.07, 6.45) is 7.63. The molecule has 0 amide bonds. The lowest BCUT2D eigenvalue weighted by Crippen LogP contribution is -2.14. The van der Waals surface area contributed by atoms with Crippen molar-refractivity contribution in [3.05, 3.63) is 22.2 Å². The van der Waals surface area contributed by atoms with Crippen LogP contribution in [0, 0.1) is 0 Å². The van der Waals surface area contributed by atoms with Crippen LogP contribution in [0.3, 0.4) is 0 Å². The lowest BCUT2D eigenvalue weighted by Gasteiger charge is -2.24. The maximum Gasteiger partial charge on any atom is 0.131 e. The number of hydrogen-bond acceptors (Lipinski definition) is 3. The van der Waals surface area contributed by atoms with Crippen LogP contribution in [0.5, 0.6) is 0 Å². The summed E-state index contributed by atoms with van der Waals surface area (Å²) < 4.78 is 1.01. The molecule has 1 saturated carbocycles. The van der Waals surface area contributed by atoms with Gasteiger partial charge in [0, 0.05) is 12.1 Å². The van der Waals surface area contributed by atoms with E-state index in [1.165, 1.54) is 19.3 Å². The van der Waals surface area contributed by atoms with Gasteiger partial charge >= 0.3 is 0 Å². The summed E-state index contributed by atoms with van der Waals surface area (Å²) in [5, 5.41) is 0. The van der Waals surface area contributed by atoms with E-state index in [2.05, 4.69) is 25.9 Å². The highest BCUT2D eigenvalue weighted by molar-refractivity contribution is 9.10. The number of nitrogens with zero attached hydrogens (tertiary/aromatic N) is 2. The van der Waals surface area contributed by atoms with Crippen molar-refractivity contribution in [2.75, 3.05) is 6.54 Å². The zero-order valence-corrected chi connectivity index (χ0v) is 10.3. The fraction of sp³-hybridized carbons (Fsp3) is 0.636. The van der Waals surface area contributed by atoms with Crippen LogP contribution < -0.4 is 5.73 Å². The fourth-order valence-electron chi connectivity index (χ4n) is 1.73. The maximum atomic E-state index is 5.50. The Bertz CT molecular complexity index is 337. The maximum absolute atomic E-state index is 5.50. The number of nitrogens with two attached hydrogens (primary N) is 1. The summed E-state index contributed by atoms with van der Waals surface area (Å²) in [4.78, 5) is 9.00. The third kappa shape index (κ3) is 2.55. The molecular formula is C11H16BrN3. The predicted octanol–water partition coefficient (Wildman–Crippen LogP) is 2.40. The molecule has 1 heterocycles. The molecule has 4 heteroatoms. The summed E-state index contributed by atoms with van der Waals surface area (Å²) in [6, 6.07) is 0. The lowest BCUT2D eigenvalue weighted by atomic mass is 9.85. The third-order valence-corrected chi connectivity index (χ3v) is 3.59. The van der Waals surface area contributed by atoms with Gasteiger partial charge in [-0.05, 0) is 48.2 Å². The minimum absolute atomic E-state index is 0.606. The molecule has 0 saturated heterocycles. The van der Waals surface area contributed by atoms with E-state index in [0.29, 0.717) is 5.92 Å². The van der Waals surface area contributed by atoms with Gasteiger partial charge in [-0.3, -0.25) is 0 Å². The molecule has 0 radical (unpaired) electrons. The van der Waals surface area contributed by atoms with E-state index in [0.717, 1.165) is 35.4 Å². The number of aryl methyl sites for hydroxylation is 1. The van der Waals surface area contributed by atoms with Crippen LogP contribution in [-0.2, 0) is 6.42 Å². The molecule has 1 aliphatic rings. The molecule has 2 N–H and O–H groups in total. The molecule has 1 aromatic heterocycles. The van der Waals surface area contributed by atoms with E-state index in [1.807, 2.05) is 6.20 Å². The van der Waals surface area contributed by atoms with Gasteiger partial charge < -0.3 is 5.73 Å². The highest BCUT2D eigenvalue weighted by Gasteiger charge is 2.22. The van der Waals surface area contributed by atoms with Gasteiger partial charge in [-0.2, -0.15) is 0 Å². The van der Waals surface area contributed by atoms with Crippen molar-refractivity contribution in [1.82, 2.24) is 9.97 Å². The van der Waals surface area contributed by atoms with Crippen LogP contribution in [-0.4, -0.2) is 16.5 Å². The predicted molar refractivity (Wildman–Crippen MR) is 63.7 cm³/mol. The fourth-order valence-corrected chi connectivity index (χ4v) is 2.12. The number of halogens is 1. The van der Waals surface area contributed by atoms with Crippen LogP contribution in [0.4, 0.5) is 0 Å². The Morgan fingerprint density at radius 1 is 1.47 bits per heavy atom. The Morgan fingerprint density at radius 3 is 2.87 bits per heavy atom. The quantitative estimate of drug-likeness (QED) is 0.914. The van der Waals surface area contributed by atoms with Crippen molar-refractivity contribution in [2.45, 2.75) is 38.0 Å². The second kappa shape index (κ2) is 5.03. The first-order chi connectivity index (χ1) is 7.31. The second-order valence-corrected chi connectivity index (χ2v) is 4.90. The van der Waals surface area contributed by atoms with Gasteiger partial charge in [0.25, 0.3) is 0 Å². The first-order valence-electron chi connectivity index (χ1n) is 5.52. The minimum atomic E-state index is 0.606. The highest BCUT2D eigenvalue weighted by Crippen LogP contribution is 2.34.